The van der Waals surface area contributed by atoms with Crippen LogP contribution in [0.2, 0.25) is 0 Å². The molecule has 160 valence electrons. The molecule has 0 aliphatic heterocycles. The highest BCUT2D eigenvalue weighted by Gasteiger charge is 2.29. The van der Waals surface area contributed by atoms with E-state index in [-0.39, 0.29) is 29.0 Å². The number of hydrogen-bond donors (Lipinski definition) is 1. The van der Waals surface area contributed by atoms with Crippen molar-refractivity contribution in [2.75, 3.05) is 0 Å². The number of benzene rings is 1. The lowest BCUT2D eigenvalue weighted by molar-refractivity contribution is 0.101. The van der Waals surface area contributed by atoms with Gasteiger partial charge in [-0.15, -0.1) is 0 Å². The van der Waals surface area contributed by atoms with Gasteiger partial charge in [-0.05, 0) is 62.1 Å². The molecule has 0 saturated carbocycles. The molecule has 3 heterocycles. The molecule has 0 aliphatic rings. The summed E-state index contributed by atoms with van der Waals surface area (Å²) in [5, 5.41) is 21.4. The van der Waals surface area contributed by atoms with Crippen molar-refractivity contribution in [1.82, 2.24) is 9.55 Å². The highest BCUT2D eigenvalue weighted by atomic mass is 16.3. The number of pyridine rings is 2. The zero-order chi connectivity index (χ0) is 23.2. The van der Waals surface area contributed by atoms with Gasteiger partial charge in [0.25, 0.3) is 5.56 Å². The Kier molecular flexibility index (Phi) is 5.15. The molecule has 0 saturated heterocycles. The predicted molar refractivity (Wildman–Crippen MR) is 119 cm³/mol. The maximum Gasteiger partial charge on any atom is 0.271 e. The number of nitriles is 1. The monoisotopic (exact) mass is 427 g/mol. The molecular formula is C25H21N3O4. The molecule has 0 spiro atoms. The summed E-state index contributed by atoms with van der Waals surface area (Å²) >= 11 is 0. The number of nitrogens with zero attached hydrogens (tertiary/aromatic N) is 3. The van der Waals surface area contributed by atoms with Crippen molar-refractivity contribution in [2.45, 2.75) is 34.2 Å². The molecule has 32 heavy (non-hydrogen) atoms. The minimum Gasteiger partial charge on any atom is -0.494 e. The molecule has 0 bridgehead atoms. The average Bonchev–Trinajstić information content (AvgIpc) is 3.08. The molecule has 3 aromatic heterocycles. The van der Waals surface area contributed by atoms with Crippen LogP contribution in [0.4, 0.5) is 0 Å². The summed E-state index contributed by atoms with van der Waals surface area (Å²) < 4.78 is 6.92. The van der Waals surface area contributed by atoms with Gasteiger partial charge in [-0.25, -0.2) is 0 Å². The van der Waals surface area contributed by atoms with E-state index in [0.29, 0.717) is 16.7 Å². The molecule has 1 aromatic carbocycles. The Morgan fingerprint density at radius 1 is 1.22 bits per heavy atom. The van der Waals surface area contributed by atoms with E-state index in [0.717, 1.165) is 21.1 Å². The highest BCUT2D eigenvalue weighted by molar-refractivity contribution is 6.13. The van der Waals surface area contributed by atoms with E-state index in [9.17, 15) is 20.0 Å². The van der Waals surface area contributed by atoms with Crippen LogP contribution in [0.5, 0.6) is 5.88 Å². The molecule has 0 amide bonds. The number of aromatic hydroxyl groups is 1. The van der Waals surface area contributed by atoms with Gasteiger partial charge in [0.15, 0.2) is 5.76 Å². The Morgan fingerprint density at radius 3 is 2.62 bits per heavy atom. The maximum atomic E-state index is 13.6. The standard InChI is InChI=1S/C25H21N3O4/c1-13-8-14(2)20-16(4)23(32-19(20)9-13)22(29)21-15(3)18(10-26)24(30)28(25(21)31)12-17-6-5-7-27-11-17/h5-9,11,31H,12H2,1-4H3. The lowest BCUT2D eigenvalue weighted by Crippen LogP contribution is -2.27. The Morgan fingerprint density at radius 2 is 1.97 bits per heavy atom. The van der Waals surface area contributed by atoms with Gasteiger partial charge in [-0.2, -0.15) is 5.26 Å². The number of furan rings is 1. The summed E-state index contributed by atoms with van der Waals surface area (Å²) in [6.07, 6.45) is 3.14. The van der Waals surface area contributed by atoms with Crippen LogP contribution in [-0.4, -0.2) is 20.4 Å². The Hall–Kier alpha value is -4.18. The van der Waals surface area contributed by atoms with Gasteiger partial charge in [0.2, 0.25) is 11.7 Å². The third-order valence-corrected chi connectivity index (χ3v) is 5.67. The number of ketones is 1. The summed E-state index contributed by atoms with van der Waals surface area (Å²) in [4.78, 5) is 30.5. The summed E-state index contributed by atoms with van der Waals surface area (Å²) in [6, 6.07) is 9.17. The second-order valence-electron chi connectivity index (χ2n) is 7.90. The quantitative estimate of drug-likeness (QED) is 0.492. The average molecular weight is 427 g/mol. The first-order valence-corrected chi connectivity index (χ1v) is 10.0. The third kappa shape index (κ3) is 3.26. The van der Waals surface area contributed by atoms with Gasteiger partial charge in [0.1, 0.15) is 17.2 Å². The van der Waals surface area contributed by atoms with Crippen LogP contribution in [0.1, 0.15) is 49.5 Å². The molecular weight excluding hydrogens is 406 g/mol. The summed E-state index contributed by atoms with van der Waals surface area (Å²) in [6.45, 7) is 7.11. The SMILES string of the molecule is Cc1cc(C)c2c(C)c(C(=O)c3c(C)c(C#N)c(=O)n(Cc4cccnc4)c3O)oc2c1. The first-order chi connectivity index (χ1) is 15.2. The van der Waals surface area contributed by atoms with E-state index < -0.39 is 17.2 Å². The van der Waals surface area contributed by atoms with Gasteiger partial charge in [-0.3, -0.25) is 19.1 Å². The van der Waals surface area contributed by atoms with Crippen LogP contribution in [0.3, 0.4) is 0 Å². The molecule has 0 atom stereocenters. The van der Waals surface area contributed by atoms with Crippen molar-refractivity contribution in [3.05, 3.63) is 91.7 Å². The maximum absolute atomic E-state index is 13.6. The van der Waals surface area contributed by atoms with Crippen LogP contribution in [0.15, 0.2) is 45.9 Å². The van der Waals surface area contributed by atoms with Crippen molar-refractivity contribution in [2.24, 2.45) is 0 Å². The normalized spacial score (nSPS) is 11.0. The fourth-order valence-corrected chi connectivity index (χ4v) is 4.16. The molecule has 0 unspecified atom stereocenters. The van der Waals surface area contributed by atoms with E-state index in [1.165, 1.54) is 6.92 Å². The van der Waals surface area contributed by atoms with Crippen molar-refractivity contribution in [3.63, 3.8) is 0 Å². The fraction of sp³-hybridized carbons (Fsp3) is 0.200. The van der Waals surface area contributed by atoms with Crippen LogP contribution in [-0.2, 0) is 6.54 Å². The molecule has 4 rings (SSSR count). The molecule has 1 N–H and O–H groups in total. The van der Waals surface area contributed by atoms with Gasteiger partial charge in [0.05, 0.1) is 12.1 Å². The number of fused-ring (bicyclic) bond motifs is 1. The van der Waals surface area contributed by atoms with Crippen LogP contribution in [0, 0.1) is 39.0 Å². The van der Waals surface area contributed by atoms with Gasteiger partial charge in [0, 0.05) is 23.3 Å². The number of aromatic nitrogens is 2. The van der Waals surface area contributed by atoms with Crippen molar-refractivity contribution >= 4 is 16.8 Å². The molecule has 0 radical (unpaired) electrons. The minimum atomic E-state index is -0.671. The van der Waals surface area contributed by atoms with Crippen LogP contribution < -0.4 is 5.56 Å². The summed E-state index contributed by atoms with van der Waals surface area (Å²) in [5.41, 5.74) is 2.96. The summed E-state index contributed by atoms with van der Waals surface area (Å²) in [7, 11) is 0. The number of rotatable bonds is 4. The molecule has 7 heteroatoms. The van der Waals surface area contributed by atoms with Gasteiger partial charge in [-0.1, -0.05) is 12.1 Å². The first-order valence-electron chi connectivity index (χ1n) is 10.0. The van der Waals surface area contributed by atoms with Crippen LogP contribution in [0.25, 0.3) is 11.0 Å². The Bertz CT molecular complexity index is 1490. The molecule has 0 fully saturated rings. The second-order valence-corrected chi connectivity index (χ2v) is 7.90. The topological polar surface area (TPSA) is 109 Å². The largest absolute Gasteiger partial charge is 0.494 e. The Balaban J connectivity index is 1.95. The molecule has 7 nitrogen and oxygen atoms in total. The van der Waals surface area contributed by atoms with Crippen LogP contribution >= 0.6 is 0 Å². The smallest absolute Gasteiger partial charge is 0.271 e. The van der Waals surface area contributed by atoms with E-state index in [1.54, 1.807) is 31.5 Å². The van der Waals surface area contributed by atoms with Crippen molar-refractivity contribution < 1.29 is 14.3 Å². The van der Waals surface area contributed by atoms with Gasteiger partial charge >= 0.3 is 0 Å². The lowest BCUT2D eigenvalue weighted by Gasteiger charge is -2.15. The fourth-order valence-electron chi connectivity index (χ4n) is 4.16. The zero-order valence-electron chi connectivity index (χ0n) is 18.2. The van der Waals surface area contributed by atoms with Crippen molar-refractivity contribution in [1.29, 1.82) is 5.26 Å². The number of aryl methyl sites for hydroxylation is 3. The van der Waals surface area contributed by atoms with E-state index in [4.69, 9.17) is 4.42 Å². The number of hydrogen-bond acceptors (Lipinski definition) is 6. The van der Waals surface area contributed by atoms with E-state index in [1.807, 2.05) is 32.0 Å². The molecule has 4 aromatic rings. The predicted octanol–water partition coefficient (Wildman–Crippen LogP) is 4.08. The van der Waals surface area contributed by atoms with E-state index >= 15 is 0 Å². The Labute approximate surface area is 184 Å². The second kappa shape index (κ2) is 7.82. The minimum absolute atomic E-state index is 0.0365. The summed E-state index contributed by atoms with van der Waals surface area (Å²) in [5.74, 6) is -1.02. The van der Waals surface area contributed by atoms with Gasteiger partial charge < -0.3 is 9.52 Å². The lowest BCUT2D eigenvalue weighted by atomic mass is 9.97. The van der Waals surface area contributed by atoms with E-state index in [2.05, 4.69) is 4.98 Å². The van der Waals surface area contributed by atoms with Crippen molar-refractivity contribution in [3.8, 4) is 11.9 Å². The molecule has 0 aliphatic carbocycles. The number of carbonyl (C=O) groups excluding carboxylic acids is 1. The highest BCUT2D eigenvalue weighted by Crippen LogP contribution is 2.33. The zero-order valence-corrected chi connectivity index (χ0v) is 18.2. The first kappa shape index (κ1) is 21.1. The number of carbonyl (C=O) groups is 1. The third-order valence-electron chi connectivity index (χ3n) is 5.67.